The van der Waals surface area contributed by atoms with Crippen LogP contribution in [0.25, 0.3) is 4.96 Å². The molecule has 0 radical (unpaired) electrons. The third-order valence-electron chi connectivity index (χ3n) is 2.45. The predicted octanol–water partition coefficient (Wildman–Crippen LogP) is 2.83. The van der Waals surface area contributed by atoms with Crippen LogP contribution in [0.4, 0.5) is 0 Å². The minimum atomic E-state index is -0.179. The molecule has 0 aromatic carbocycles. The number of thiazole rings is 1. The van der Waals surface area contributed by atoms with Crippen LogP contribution in [0, 0.1) is 13.8 Å². The van der Waals surface area contributed by atoms with Gasteiger partial charge in [-0.3, -0.25) is 9.24 Å². The Morgan fingerprint density at radius 2 is 2.12 bits per heavy atom. The lowest BCUT2D eigenvalue weighted by Gasteiger charge is -2.19. The number of fused-ring (bicyclic) bond motifs is 1. The zero-order valence-electron chi connectivity index (χ0n) is 11.0. The second-order valence-corrected chi connectivity index (χ2v) is 6.01. The summed E-state index contributed by atoms with van der Waals surface area (Å²) in [6.45, 7) is 10.9. The monoisotopic (exact) mass is 253 g/mol. The molecule has 2 heterocycles. The fourth-order valence-electron chi connectivity index (χ4n) is 1.70. The molecular formula is C12H19N3OS. The van der Waals surface area contributed by atoms with E-state index in [9.17, 15) is 0 Å². The highest BCUT2D eigenvalue weighted by atomic mass is 32.1. The number of aromatic nitrogens is 2. The zero-order valence-corrected chi connectivity index (χ0v) is 11.8. The lowest BCUT2D eigenvalue weighted by Crippen LogP contribution is -2.29. The summed E-state index contributed by atoms with van der Waals surface area (Å²) in [6, 6.07) is 0. The minimum Gasteiger partial charge on any atom is -0.296 e. The van der Waals surface area contributed by atoms with Gasteiger partial charge in [0.2, 0.25) is 0 Å². The molecule has 17 heavy (non-hydrogen) atoms. The third-order valence-corrected chi connectivity index (χ3v) is 3.39. The van der Waals surface area contributed by atoms with Crippen molar-refractivity contribution in [1.29, 1.82) is 0 Å². The first kappa shape index (κ1) is 12.5. The molecule has 94 valence electrons. The summed E-state index contributed by atoms with van der Waals surface area (Å²) >= 11 is 1.67. The average Bonchev–Trinajstić information content (AvgIpc) is 2.67. The molecule has 0 spiro atoms. The van der Waals surface area contributed by atoms with Crippen molar-refractivity contribution < 1.29 is 4.84 Å². The number of rotatable bonds is 3. The molecule has 0 saturated heterocycles. The Kier molecular flexibility index (Phi) is 3.25. The Morgan fingerprint density at radius 3 is 2.76 bits per heavy atom. The first-order chi connectivity index (χ1) is 7.88. The Hall–Kier alpha value is -0.910. The normalized spacial score (nSPS) is 12.5. The summed E-state index contributed by atoms with van der Waals surface area (Å²) in [5.74, 6) is 0. The van der Waals surface area contributed by atoms with E-state index in [4.69, 9.17) is 4.84 Å². The van der Waals surface area contributed by atoms with E-state index in [0.717, 1.165) is 10.7 Å². The molecule has 0 unspecified atom stereocenters. The summed E-state index contributed by atoms with van der Waals surface area (Å²) in [5, 5.41) is 2.12. The van der Waals surface area contributed by atoms with Gasteiger partial charge in [0.1, 0.15) is 0 Å². The molecule has 0 aliphatic heterocycles. The number of hydroxylamine groups is 1. The van der Waals surface area contributed by atoms with Gasteiger partial charge in [0.05, 0.1) is 23.5 Å². The Morgan fingerprint density at radius 1 is 1.41 bits per heavy atom. The molecule has 2 rings (SSSR count). The van der Waals surface area contributed by atoms with Crippen LogP contribution >= 0.6 is 11.3 Å². The molecular weight excluding hydrogens is 234 g/mol. The van der Waals surface area contributed by atoms with Crippen molar-refractivity contribution in [2.24, 2.45) is 0 Å². The Labute approximate surface area is 106 Å². The average molecular weight is 253 g/mol. The molecule has 2 aromatic heterocycles. The van der Waals surface area contributed by atoms with Gasteiger partial charge in [-0.1, -0.05) is 0 Å². The maximum absolute atomic E-state index is 5.54. The molecule has 0 amide bonds. The van der Waals surface area contributed by atoms with Crippen LogP contribution in [0.1, 0.15) is 37.9 Å². The summed E-state index contributed by atoms with van der Waals surface area (Å²) < 4.78 is 2.18. The highest BCUT2D eigenvalue weighted by Crippen LogP contribution is 2.20. The molecule has 0 aliphatic carbocycles. The molecule has 2 aromatic rings. The van der Waals surface area contributed by atoms with Gasteiger partial charge in [-0.2, -0.15) is 5.48 Å². The van der Waals surface area contributed by atoms with E-state index in [1.807, 2.05) is 27.7 Å². The standard InChI is InChI=1S/C12H19N3OS/c1-8-7-17-11-14-9(2)10(15(8)11)6-13-16-12(3,4)5/h7,13H,6H2,1-5H3. The molecule has 1 N–H and O–H groups in total. The number of hydrogen-bond donors (Lipinski definition) is 1. The fraction of sp³-hybridized carbons (Fsp3) is 0.583. The van der Waals surface area contributed by atoms with Crippen LogP contribution in [-0.2, 0) is 11.4 Å². The maximum atomic E-state index is 5.54. The van der Waals surface area contributed by atoms with Gasteiger partial charge in [0.15, 0.2) is 4.96 Å². The number of aryl methyl sites for hydroxylation is 2. The van der Waals surface area contributed by atoms with Gasteiger partial charge in [0.25, 0.3) is 0 Å². The van der Waals surface area contributed by atoms with Crippen molar-refractivity contribution in [3.05, 3.63) is 22.5 Å². The van der Waals surface area contributed by atoms with E-state index in [2.05, 4.69) is 27.2 Å². The van der Waals surface area contributed by atoms with Crippen LogP contribution in [0.5, 0.6) is 0 Å². The summed E-state index contributed by atoms with van der Waals surface area (Å²) in [6.07, 6.45) is 0. The van der Waals surface area contributed by atoms with E-state index in [0.29, 0.717) is 6.54 Å². The molecule has 0 bridgehead atoms. The highest BCUT2D eigenvalue weighted by molar-refractivity contribution is 7.15. The molecule has 0 fully saturated rings. The largest absolute Gasteiger partial charge is 0.296 e. The minimum absolute atomic E-state index is 0.179. The van der Waals surface area contributed by atoms with E-state index in [-0.39, 0.29) is 5.60 Å². The third kappa shape index (κ3) is 2.68. The van der Waals surface area contributed by atoms with Crippen LogP contribution in [0.2, 0.25) is 0 Å². The van der Waals surface area contributed by atoms with Crippen molar-refractivity contribution in [3.63, 3.8) is 0 Å². The number of nitrogens with zero attached hydrogens (tertiary/aromatic N) is 2. The smallest absolute Gasteiger partial charge is 0.194 e. The molecule has 0 aliphatic rings. The molecule has 5 heteroatoms. The quantitative estimate of drug-likeness (QED) is 0.855. The number of nitrogens with one attached hydrogen (secondary N) is 1. The van der Waals surface area contributed by atoms with Gasteiger partial charge in [-0.25, -0.2) is 4.98 Å². The second kappa shape index (κ2) is 4.40. The second-order valence-electron chi connectivity index (χ2n) is 5.17. The summed E-state index contributed by atoms with van der Waals surface area (Å²) in [5.41, 5.74) is 6.29. The van der Waals surface area contributed by atoms with E-state index in [1.54, 1.807) is 11.3 Å². The van der Waals surface area contributed by atoms with E-state index < -0.39 is 0 Å². The molecule has 0 saturated carbocycles. The van der Waals surface area contributed by atoms with Gasteiger partial charge >= 0.3 is 0 Å². The zero-order chi connectivity index (χ0) is 12.6. The first-order valence-electron chi connectivity index (χ1n) is 5.71. The lowest BCUT2D eigenvalue weighted by atomic mass is 10.2. The SMILES string of the molecule is Cc1nc2scc(C)n2c1CNOC(C)(C)C. The molecule has 0 atom stereocenters. The molecule has 4 nitrogen and oxygen atoms in total. The lowest BCUT2D eigenvalue weighted by molar-refractivity contribution is -0.0762. The van der Waals surface area contributed by atoms with Gasteiger partial charge in [0, 0.05) is 11.1 Å². The topological polar surface area (TPSA) is 38.6 Å². The summed E-state index contributed by atoms with van der Waals surface area (Å²) in [7, 11) is 0. The van der Waals surface area contributed by atoms with Gasteiger partial charge in [-0.15, -0.1) is 11.3 Å². The van der Waals surface area contributed by atoms with E-state index in [1.165, 1.54) is 11.4 Å². The van der Waals surface area contributed by atoms with Crippen LogP contribution in [-0.4, -0.2) is 15.0 Å². The van der Waals surface area contributed by atoms with Gasteiger partial charge < -0.3 is 0 Å². The van der Waals surface area contributed by atoms with Crippen molar-refractivity contribution >= 4 is 16.3 Å². The highest BCUT2D eigenvalue weighted by Gasteiger charge is 2.14. The van der Waals surface area contributed by atoms with Gasteiger partial charge in [-0.05, 0) is 34.6 Å². The Balaban J connectivity index is 2.17. The van der Waals surface area contributed by atoms with E-state index >= 15 is 0 Å². The maximum Gasteiger partial charge on any atom is 0.194 e. The van der Waals surface area contributed by atoms with Crippen molar-refractivity contribution in [2.45, 2.75) is 46.8 Å². The van der Waals surface area contributed by atoms with Crippen molar-refractivity contribution in [1.82, 2.24) is 14.9 Å². The van der Waals surface area contributed by atoms with Crippen LogP contribution in [0.3, 0.4) is 0 Å². The number of imidazole rings is 1. The van der Waals surface area contributed by atoms with Crippen molar-refractivity contribution in [2.75, 3.05) is 0 Å². The van der Waals surface area contributed by atoms with Crippen molar-refractivity contribution in [3.8, 4) is 0 Å². The van der Waals surface area contributed by atoms with Crippen LogP contribution < -0.4 is 5.48 Å². The Bertz CT molecular complexity index is 522. The van der Waals surface area contributed by atoms with Crippen LogP contribution in [0.15, 0.2) is 5.38 Å². The predicted molar refractivity (Wildman–Crippen MR) is 70.2 cm³/mol. The number of hydrogen-bond acceptors (Lipinski definition) is 4. The summed E-state index contributed by atoms with van der Waals surface area (Å²) in [4.78, 5) is 11.1. The fourth-order valence-corrected chi connectivity index (χ4v) is 2.63. The first-order valence-corrected chi connectivity index (χ1v) is 6.59.